The molecule has 1 heterocycles. The van der Waals surface area contributed by atoms with E-state index in [0.29, 0.717) is 0 Å². The van der Waals surface area contributed by atoms with E-state index in [0.717, 1.165) is 19.4 Å². The summed E-state index contributed by atoms with van der Waals surface area (Å²) in [7, 11) is 1.44. The topological polar surface area (TPSA) is 29.5 Å². The van der Waals surface area contributed by atoms with E-state index in [1.54, 1.807) is 0 Å². The maximum atomic E-state index is 11.7. The molecule has 1 aromatic rings. The van der Waals surface area contributed by atoms with Crippen LogP contribution in [0.4, 0.5) is 0 Å². The number of rotatable bonds is 3. The molecule has 2 unspecified atom stereocenters. The lowest BCUT2D eigenvalue weighted by molar-refractivity contribution is -0.146. The summed E-state index contributed by atoms with van der Waals surface area (Å²) in [4.78, 5) is 13.8. The van der Waals surface area contributed by atoms with Crippen LogP contribution in [0.2, 0.25) is 0 Å². The molecule has 2 atom stereocenters. The smallest absolute Gasteiger partial charge is 0.323 e. The Balaban J connectivity index is 2.09. The van der Waals surface area contributed by atoms with Crippen LogP contribution in [0, 0.1) is 0 Å². The number of hydrogen-bond acceptors (Lipinski definition) is 4. The van der Waals surface area contributed by atoms with Crippen LogP contribution in [0.3, 0.4) is 0 Å². The Morgan fingerprint density at radius 1 is 1.41 bits per heavy atom. The van der Waals surface area contributed by atoms with Crippen molar-refractivity contribution in [2.45, 2.75) is 30.8 Å². The Morgan fingerprint density at radius 2 is 2.12 bits per heavy atom. The molecule has 3 nitrogen and oxygen atoms in total. The number of hydrogen-bond donors (Lipinski definition) is 1. The minimum atomic E-state index is -0.155. The van der Waals surface area contributed by atoms with Gasteiger partial charge in [0.05, 0.1) is 12.5 Å². The first-order chi connectivity index (χ1) is 8.22. The Morgan fingerprint density at radius 3 is 2.76 bits per heavy atom. The molecule has 0 amide bonds. The summed E-state index contributed by atoms with van der Waals surface area (Å²) < 4.78 is 4.84. The van der Waals surface area contributed by atoms with Gasteiger partial charge in [-0.05, 0) is 18.4 Å². The maximum absolute atomic E-state index is 11.7. The minimum absolute atomic E-state index is 0.138. The Labute approximate surface area is 107 Å². The number of ether oxygens (including phenoxy) is 1. The van der Waals surface area contributed by atoms with Crippen molar-refractivity contribution in [2.24, 2.45) is 0 Å². The van der Waals surface area contributed by atoms with Crippen molar-refractivity contribution < 1.29 is 9.53 Å². The third kappa shape index (κ3) is 2.82. The molecule has 1 saturated heterocycles. The number of methoxy groups -OCH3 is 1. The van der Waals surface area contributed by atoms with Gasteiger partial charge in [0.2, 0.25) is 0 Å². The molecule has 1 aliphatic heterocycles. The third-order valence-corrected chi connectivity index (χ3v) is 3.72. The molecule has 0 N–H and O–H groups in total. The summed E-state index contributed by atoms with van der Waals surface area (Å²) in [5.74, 6) is -0.155. The van der Waals surface area contributed by atoms with E-state index in [1.807, 2.05) is 18.2 Å². The Bertz CT molecular complexity index is 382. The van der Waals surface area contributed by atoms with Gasteiger partial charge in [0.1, 0.15) is 6.04 Å². The zero-order valence-corrected chi connectivity index (χ0v) is 10.8. The van der Waals surface area contributed by atoms with Crippen LogP contribution in [0.15, 0.2) is 30.3 Å². The zero-order valence-electron chi connectivity index (χ0n) is 9.87. The highest BCUT2D eigenvalue weighted by atomic mass is 32.1. The maximum Gasteiger partial charge on any atom is 0.323 e. The van der Waals surface area contributed by atoms with Crippen molar-refractivity contribution in [3.63, 3.8) is 0 Å². The van der Waals surface area contributed by atoms with E-state index in [2.05, 4.69) is 29.7 Å². The van der Waals surface area contributed by atoms with E-state index in [4.69, 9.17) is 4.74 Å². The van der Waals surface area contributed by atoms with Gasteiger partial charge in [0.25, 0.3) is 0 Å². The number of esters is 1. The third-order valence-electron chi connectivity index (χ3n) is 3.16. The van der Waals surface area contributed by atoms with E-state index < -0.39 is 0 Å². The fraction of sp³-hybridized carbons (Fsp3) is 0.462. The second-order valence-electron chi connectivity index (χ2n) is 4.25. The van der Waals surface area contributed by atoms with Gasteiger partial charge in [-0.3, -0.25) is 9.69 Å². The number of carbonyl (C=O) groups is 1. The van der Waals surface area contributed by atoms with E-state index in [1.165, 1.54) is 12.7 Å². The number of likely N-dealkylation sites (tertiary alicyclic amines) is 1. The summed E-state index contributed by atoms with van der Waals surface area (Å²) in [5.41, 5.74) is 1.20. The van der Waals surface area contributed by atoms with Gasteiger partial charge >= 0.3 is 5.97 Å². The lowest BCUT2D eigenvalue weighted by Crippen LogP contribution is -2.39. The van der Waals surface area contributed by atoms with Gasteiger partial charge in [-0.2, -0.15) is 12.6 Å². The predicted octanol–water partition coefficient (Wildman–Crippen LogP) is 2.08. The van der Waals surface area contributed by atoms with Crippen LogP contribution in [-0.4, -0.2) is 29.4 Å². The van der Waals surface area contributed by atoms with Gasteiger partial charge < -0.3 is 4.74 Å². The summed E-state index contributed by atoms with van der Waals surface area (Å²) in [5, 5.41) is 0.138. The SMILES string of the molecule is COC(=O)C1CCC(S)N1Cc1ccccc1. The molecule has 4 heteroatoms. The van der Waals surface area contributed by atoms with E-state index >= 15 is 0 Å². The number of carbonyl (C=O) groups excluding carboxylic acids is 1. The van der Waals surface area contributed by atoms with Crippen LogP contribution < -0.4 is 0 Å². The highest BCUT2D eigenvalue weighted by Crippen LogP contribution is 2.28. The highest BCUT2D eigenvalue weighted by molar-refractivity contribution is 7.80. The minimum Gasteiger partial charge on any atom is -0.468 e. The summed E-state index contributed by atoms with van der Waals surface area (Å²) in [6.45, 7) is 0.745. The predicted molar refractivity (Wildman–Crippen MR) is 69.8 cm³/mol. The molecule has 92 valence electrons. The molecule has 1 fully saturated rings. The summed E-state index contributed by atoms with van der Waals surface area (Å²) in [6.07, 6.45) is 1.75. The van der Waals surface area contributed by atoms with Crippen LogP contribution in [0.5, 0.6) is 0 Å². The fourth-order valence-corrected chi connectivity index (χ4v) is 2.64. The first-order valence-electron chi connectivity index (χ1n) is 5.78. The summed E-state index contributed by atoms with van der Waals surface area (Å²) in [6, 6.07) is 9.98. The lowest BCUT2D eigenvalue weighted by atomic mass is 10.2. The lowest BCUT2D eigenvalue weighted by Gasteiger charge is -2.25. The number of thiol groups is 1. The van der Waals surface area contributed by atoms with Gasteiger partial charge in [-0.15, -0.1) is 0 Å². The standard InChI is InChI=1S/C13H17NO2S/c1-16-13(15)11-7-8-12(17)14(11)9-10-5-3-2-4-6-10/h2-6,11-12,17H,7-9H2,1H3. The van der Waals surface area contributed by atoms with Crippen molar-refractivity contribution in [3.05, 3.63) is 35.9 Å². The summed E-state index contributed by atoms with van der Waals surface area (Å²) >= 11 is 4.53. The van der Waals surface area contributed by atoms with Crippen LogP contribution in [-0.2, 0) is 16.1 Å². The quantitative estimate of drug-likeness (QED) is 0.659. The average molecular weight is 251 g/mol. The van der Waals surface area contributed by atoms with Gasteiger partial charge in [-0.1, -0.05) is 30.3 Å². The highest BCUT2D eigenvalue weighted by Gasteiger charge is 2.36. The first kappa shape index (κ1) is 12.5. The molecule has 0 aliphatic carbocycles. The van der Waals surface area contributed by atoms with Crippen molar-refractivity contribution in [2.75, 3.05) is 7.11 Å². The second-order valence-corrected chi connectivity index (χ2v) is 4.85. The first-order valence-corrected chi connectivity index (χ1v) is 6.29. The van der Waals surface area contributed by atoms with E-state index in [9.17, 15) is 4.79 Å². The zero-order chi connectivity index (χ0) is 12.3. The van der Waals surface area contributed by atoms with Crippen LogP contribution >= 0.6 is 12.6 Å². The molecule has 0 aromatic heterocycles. The molecular formula is C13H17NO2S. The molecule has 2 rings (SSSR count). The molecule has 0 spiro atoms. The van der Waals surface area contributed by atoms with Crippen molar-refractivity contribution in [1.29, 1.82) is 0 Å². The molecule has 0 saturated carbocycles. The van der Waals surface area contributed by atoms with Crippen LogP contribution in [0.1, 0.15) is 18.4 Å². The van der Waals surface area contributed by atoms with Gasteiger partial charge in [-0.25, -0.2) is 0 Å². The monoisotopic (exact) mass is 251 g/mol. The average Bonchev–Trinajstić information content (AvgIpc) is 2.72. The molecule has 1 aromatic carbocycles. The largest absolute Gasteiger partial charge is 0.468 e. The van der Waals surface area contributed by atoms with Gasteiger partial charge in [0, 0.05) is 6.54 Å². The molecule has 0 bridgehead atoms. The molecular weight excluding hydrogens is 234 g/mol. The Hall–Kier alpha value is -1.00. The van der Waals surface area contributed by atoms with Crippen LogP contribution in [0.25, 0.3) is 0 Å². The molecule has 0 radical (unpaired) electrons. The second kappa shape index (κ2) is 5.56. The van der Waals surface area contributed by atoms with Gasteiger partial charge in [0.15, 0.2) is 0 Å². The normalized spacial score (nSPS) is 24.8. The number of benzene rings is 1. The molecule has 1 aliphatic rings. The van der Waals surface area contributed by atoms with Crippen molar-refractivity contribution in [1.82, 2.24) is 4.90 Å². The van der Waals surface area contributed by atoms with Crippen molar-refractivity contribution >= 4 is 18.6 Å². The number of nitrogens with zero attached hydrogens (tertiary/aromatic N) is 1. The van der Waals surface area contributed by atoms with E-state index in [-0.39, 0.29) is 17.4 Å². The fourth-order valence-electron chi connectivity index (χ4n) is 2.25. The Kier molecular flexibility index (Phi) is 4.07. The van der Waals surface area contributed by atoms with Crippen molar-refractivity contribution in [3.8, 4) is 0 Å². The molecule has 17 heavy (non-hydrogen) atoms.